The van der Waals surface area contributed by atoms with Gasteiger partial charge >= 0.3 is 8.80 Å². The molecule has 0 heterocycles. The van der Waals surface area contributed by atoms with E-state index in [2.05, 4.69) is 12.5 Å². The van der Waals surface area contributed by atoms with E-state index in [1.165, 1.54) is 0 Å². The Morgan fingerprint density at radius 2 is 1.36 bits per heavy atom. The Morgan fingerprint density at radius 1 is 1.00 bits per heavy atom. The van der Waals surface area contributed by atoms with Crippen molar-refractivity contribution in [3.63, 3.8) is 0 Å². The zero-order valence-electron chi connectivity index (χ0n) is 7.84. The lowest BCUT2D eigenvalue weighted by Gasteiger charge is -2.21. The maximum atomic E-state index is 5.25. The molecule has 11 heavy (non-hydrogen) atoms. The van der Waals surface area contributed by atoms with Crippen molar-refractivity contribution in [3.05, 3.63) is 0 Å². The van der Waals surface area contributed by atoms with Crippen LogP contribution in [0.25, 0.3) is 0 Å². The monoisotopic (exact) mass is 197 g/mol. The van der Waals surface area contributed by atoms with Crippen LogP contribution >= 0.6 is 0 Å². The van der Waals surface area contributed by atoms with Crippen LogP contribution in [0.3, 0.4) is 0 Å². The molecule has 0 aromatic rings. The van der Waals surface area contributed by atoms with Gasteiger partial charge in [0, 0.05) is 21.3 Å². The van der Waals surface area contributed by atoms with Crippen LogP contribution in [0.5, 0.6) is 0 Å². The van der Waals surface area contributed by atoms with Crippen molar-refractivity contribution < 1.29 is 13.3 Å². The first-order valence-electron chi connectivity index (χ1n) is 3.30. The van der Waals surface area contributed by atoms with Gasteiger partial charge in [0.1, 0.15) is 0 Å². The average molecular weight is 197 g/mol. The molecule has 0 saturated heterocycles. The summed E-state index contributed by atoms with van der Waals surface area (Å²) in [5.41, 5.74) is 0. The maximum Gasteiger partial charge on any atom is 0.552 e. The molecule has 0 aromatic heterocycles. The van der Waals surface area contributed by atoms with Gasteiger partial charge in [-0.2, -0.15) is 0 Å². The van der Waals surface area contributed by atoms with E-state index in [1.54, 1.807) is 21.3 Å². The van der Waals surface area contributed by atoms with Gasteiger partial charge in [-0.25, -0.2) is 0 Å². The van der Waals surface area contributed by atoms with E-state index < -0.39 is 8.80 Å². The van der Waals surface area contributed by atoms with Gasteiger partial charge < -0.3 is 13.3 Å². The normalized spacial score (nSPS) is 12.5. The largest absolute Gasteiger partial charge is 0.552 e. The molecule has 0 rings (SSSR count). The van der Waals surface area contributed by atoms with E-state index in [4.69, 9.17) is 13.3 Å². The van der Waals surface area contributed by atoms with Gasteiger partial charge in [-0.15, -0.1) is 0 Å². The summed E-state index contributed by atoms with van der Waals surface area (Å²) >= 11 is 0. The molecule has 0 aliphatic carbocycles. The van der Waals surface area contributed by atoms with Crippen LogP contribution in [-0.4, -0.2) is 48.0 Å². The van der Waals surface area contributed by atoms with Gasteiger partial charge in [0.15, 0.2) is 5.38 Å². The Morgan fingerprint density at radius 3 is 1.45 bits per heavy atom. The molecule has 0 aromatic carbocycles. The van der Waals surface area contributed by atoms with Crippen LogP contribution in [0.1, 0.15) is 0 Å². The second kappa shape index (κ2) is 5.16. The summed E-state index contributed by atoms with van der Waals surface area (Å²) in [4.78, 5) is 0. The molecular formula is C6H17O3SSi+. The minimum Gasteiger partial charge on any atom is -0.374 e. The minimum absolute atomic E-state index is 0.302. The van der Waals surface area contributed by atoms with Gasteiger partial charge in [-0.3, -0.25) is 0 Å². The summed E-state index contributed by atoms with van der Waals surface area (Å²) < 4.78 is 15.7. The SMILES string of the molecule is CO[Si](C[S+](C)C)(OC)OC. The molecule has 0 aliphatic heterocycles. The molecule has 0 bridgehead atoms. The number of hydrogen-bond donors (Lipinski definition) is 0. The van der Waals surface area contributed by atoms with E-state index in [9.17, 15) is 0 Å². The van der Waals surface area contributed by atoms with Crippen molar-refractivity contribution >= 4 is 19.7 Å². The minimum atomic E-state index is -2.27. The molecule has 0 N–H and O–H groups in total. The van der Waals surface area contributed by atoms with Crippen LogP contribution in [-0.2, 0) is 24.2 Å². The summed E-state index contributed by atoms with van der Waals surface area (Å²) in [7, 11) is 2.97. The first-order valence-corrected chi connectivity index (χ1v) is 7.44. The molecular weight excluding hydrogens is 180 g/mol. The Labute approximate surface area is 72.7 Å². The van der Waals surface area contributed by atoms with Crippen molar-refractivity contribution in [1.82, 2.24) is 0 Å². The van der Waals surface area contributed by atoms with E-state index in [1.807, 2.05) is 0 Å². The van der Waals surface area contributed by atoms with Crippen molar-refractivity contribution in [3.8, 4) is 0 Å². The second-order valence-corrected chi connectivity index (χ2v) is 8.14. The molecule has 0 amide bonds. The van der Waals surface area contributed by atoms with Gasteiger partial charge in [-0.1, -0.05) is 0 Å². The highest BCUT2D eigenvalue weighted by Crippen LogP contribution is 2.08. The topological polar surface area (TPSA) is 27.7 Å². The lowest BCUT2D eigenvalue weighted by molar-refractivity contribution is 0.130. The summed E-state index contributed by atoms with van der Waals surface area (Å²) in [5.74, 6) is 0. The van der Waals surface area contributed by atoms with Gasteiger partial charge in [-0.05, 0) is 10.9 Å². The van der Waals surface area contributed by atoms with E-state index >= 15 is 0 Å². The van der Waals surface area contributed by atoms with E-state index in [0.29, 0.717) is 10.9 Å². The van der Waals surface area contributed by atoms with E-state index in [-0.39, 0.29) is 0 Å². The van der Waals surface area contributed by atoms with Crippen molar-refractivity contribution in [2.75, 3.05) is 39.2 Å². The summed E-state index contributed by atoms with van der Waals surface area (Å²) in [6.07, 6.45) is 4.30. The summed E-state index contributed by atoms with van der Waals surface area (Å²) in [6, 6.07) is 0. The fourth-order valence-electron chi connectivity index (χ4n) is 0.780. The molecule has 0 atom stereocenters. The Bertz CT molecular complexity index is 97.7. The first kappa shape index (κ1) is 11.4. The third-order valence-corrected chi connectivity index (χ3v) is 6.99. The third-order valence-electron chi connectivity index (χ3n) is 1.40. The fraction of sp³-hybridized carbons (Fsp3) is 1.00. The van der Waals surface area contributed by atoms with Gasteiger partial charge in [0.25, 0.3) is 0 Å². The number of rotatable bonds is 5. The molecule has 0 radical (unpaired) electrons. The second-order valence-electron chi connectivity index (χ2n) is 2.43. The zero-order valence-corrected chi connectivity index (χ0v) is 9.66. The highest BCUT2D eigenvalue weighted by atomic mass is 32.2. The zero-order chi connectivity index (χ0) is 8.91. The quantitative estimate of drug-likeness (QED) is 0.468. The highest BCUT2D eigenvalue weighted by Gasteiger charge is 2.43. The van der Waals surface area contributed by atoms with Gasteiger partial charge in [0.2, 0.25) is 0 Å². The predicted molar refractivity (Wildman–Crippen MR) is 50.9 cm³/mol. The Hall–Kier alpha value is 0.447. The highest BCUT2D eigenvalue weighted by molar-refractivity contribution is 7.96. The molecule has 0 saturated carbocycles. The third kappa shape index (κ3) is 3.57. The standard InChI is InChI=1S/C6H17O3SSi/c1-7-11(8-2,9-3)6-10(4)5/h6H2,1-5H3/q+1. The number of hydrogen-bond acceptors (Lipinski definition) is 3. The summed E-state index contributed by atoms with van der Waals surface area (Å²) in [5, 5.41) is 0.899. The fourth-order valence-corrected chi connectivity index (χ4v) is 5.52. The molecule has 68 valence electrons. The average Bonchev–Trinajstić information content (AvgIpc) is 2.00. The Balaban J connectivity index is 4.05. The van der Waals surface area contributed by atoms with Crippen molar-refractivity contribution in [2.24, 2.45) is 0 Å². The molecule has 0 fully saturated rings. The van der Waals surface area contributed by atoms with Crippen molar-refractivity contribution in [2.45, 2.75) is 0 Å². The van der Waals surface area contributed by atoms with Crippen LogP contribution in [0.4, 0.5) is 0 Å². The predicted octanol–water partition coefficient (Wildman–Crippen LogP) is 0.282. The smallest absolute Gasteiger partial charge is 0.374 e. The first-order chi connectivity index (χ1) is 5.10. The van der Waals surface area contributed by atoms with Crippen LogP contribution in [0.15, 0.2) is 0 Å². The van der Waals surface area contributed by atoms with Crippen LogP contribution in [0, 0.1) is 0 Å². The molecule has 0 spiro atoms. The lowest BCUT2D eigenvalue weighted by Crippen LogP contribution is -2.49. The molecule has 0 aliphatic rings. The Kier molecular flexibility index (Phi) is 5.37. The lowest BCUT2D eigenvalue weighted by atomic mass is 11.8. The maximum absolute atomic E-state index is 5.25. The van der Waals surface area contributed by atoms with Crippen LogP contribution < -0.4 is 0 Å². The molecule has 3 nitrogen and oxygen atoms in total. The van der Waals surface area contributed by atoms with Gasteiger partial charge in [0.05, 0.1) is 12.5 Å². The van der Waals surface area contributed by atoms with Crippen molar-refractivity contribution in [1.29, 1.82) is 0 Å². The molecule has 0 unspecified atom stereocenters. The van der Waals surface area contributed by atoms with E-state index in [0.717, 1.165) is 5.38 Å². The van der Waals surface area contributed by atoms with Crippen LogP contribution in [0.2, 0.25) is 0 Å². The summed E-state index contributed by atoms with van der Waals surface area (Å²) in [6.45, 7) is 0. The molecule has 5 heteroatoms.